The van der Waals surface area contributed by atoms with Crippen molar-refractivity contribution in [3.63, 3.8) is 0 Å². The number of phenols is 1. The smallest absolute Gasteiger partial charge is 0.507 e. The molecule has 3 aromatic rings. The van der Waals surface area contributed by atoms with Crippen molar-refractivity contribution in [2.24, 2.45) is 4.99 Å². The summed E-state index contributed by atoms with van der Waals surface area (Å²) in [4.78, 5) is 46.6. The molecule has 4 rings (SSSR count). The molecule has 0 bridgehead atoms. The lowest BCUT2D eigenvalue weighted by atomic mass is 9.91. The number of phenolic OH excluding ortho intramolecular Hbond substituents is 1. The number of halogens is 7. The Morgan fingerprint density at radius 3 is 1.97 bits per heavy atom. The van der Waals surface area contributed by atoms with Crippen molar-refractivity contribution in [3.8, 4) is 5.75 Å². The lowest BCUT2D eigenvalue weighted by Gasteiger charge is -2.18. The van der Waals surface area contributed by atoms with Gasteiger partial charge in [-0.3, -0.25) is 49.1 Å². The molecule has 0 saturated heterocycles. The van der Waals surface area contributed by atoms with Crippen molar-refractivity contribution in [3.05, 3.63) is 173 Å². The summed E-state index contributed by atoms with van der Waals surface area (Å²) in [7, 11) is -3.67. The van der Waals surface area contributed by atoms with E-state index >= 15 is 26.2 Å². The summed E-state index contributed by atoms with van der Waals surface area (Å²) in [5.41, 5.74) is -7.54. The summed E-state index contributed by atoms with van der Waals surface area (Å²) < 4.78 is 108. The lowest BCUT2D eigenvalue weighted by Crippen LogP contribution is -2.20. The van der Waals surface area contributed by atoms with Gasteiger partial charge in [0.1, 0.15) is 5.75 Å². The van der Waals surface area contributed by atoms with Crippen LogP contribution in [0.15, 0.2) is 69.2 Å². The average Bonchev–Trinajstić information content (AvgIpc) is 3.70. The van der Waals surface area contributed by atoms with Crippen LogP contribution in [0.2, 0.25) is 0 Å². The zero-order valence-electron chi connectivity index (χ0n) is 34.5. The first-order chi connectivity index (χ1) is 29.9. The molecule has 2 heterocycles. The number of nitro benzene ring substituents is 1. The van der Waals surface area contributed by atoms with E-state index in [1.54, 1.807) is 6.92 Å². The van der Waals surface area contributed by atoms with E-state index in [0.29, 0.717) is 6.08 Å². The zero-order chi connectivity index (χ0) is 48.2. The maximum atomic E-state index is 16.1. The van der Waals surface area contributed by atoms with Crippen LogP contribution in [0.4, 0.5) is 36.3 Å². The molecule has 2 N–H and O–H groups in total. The van der Waals surface area contributed by atoms with Crippen molar-refractivity contribution in [2.45, 2.75) is 73.4 Å². The predicted octanol–water partition coefficient (Wildman–Crippen LogP) is 9.93. The molecule has 1 aromatic heterocycles. The maximum Gasteiger partial charge on any atom is 0.678 e. The molecule has 0 aliphatic carbocycles. The van der Waals surface area contributed by atoms with Crippen LogP contribution >= 0.6 is 0 Å². The van der Waals surface area contributed by atoms with Gasteiger partial charge in [-0.15, -0.1) is 0 Å². The van der Waals surface area contributed by atoms with Gasteiger partial charge in [0, 0.05) is 57.0 Å². The number of aliphatic hydroxyl groups is 1. The van der Waals surface area contributed by atoms with Gasteiger partial charge >= 0.3 is 13.1 Å². The summed E-state index contributed by atoms with van der Waals surface area (Å²) in [5, 5.41) is 67.6. The fourth-order valence-corrected chi connectivity index (χ4v) is 7.11. The molecular weight excluding hydrogens is 868 g/mol. The van der Waals surface area contributed by atoms with E-state index in [4.69, 9.17) is 0 Å². The molecule has 1 unspecified atom stereocenters. The van der Waals surface area contributed by atoms with Gasteiger partial charge in [0.25, 0.3) is 5.69 Å². The number of nitrogens with zero attached hydrogens (tertiary/aromatic N) is 6. The van der Waals surface area contributed by atoms with E-state index in [1.807, 2.05) is 0 Å². The molecule has 24 heteroatoms. The highest BCUT2D eigenvalue weighted by molar-refractivity contribution is 6.42. The van der Waals surface area contributed by atoms with Crippen LogP contribution in [0.25, 0.3) is 17.7 Å². The van der Waals surface area contributed by atoms with Gasteiger partial charge in [-0.1, -0.05) is 26.8 Å². The minimum atomic E-state index is -3.67. The lowest BCUT2D eigenvalue weighted by molar-refractivity contribution is -0.507. The first kappa shape index (κ1) is 49.3. The number of hydrogen-bond acceptors (Lipinski definition) is 11. The van der Waals surface area contributed by atoms with Gasteiger partial charge < -0.3 is 14.7 Å². The Balaban J connectivity index is 2.19. The standard InChI is InChI=1S/C40H36BF7N6O10/c1-7-21(40(56)29(54(63)64)14-18(4)52(59)60)10-12-27-25(8-2)19(5)37(49-27)31(30-32(42)34(44)36(46)35(45)33(30)43)38-20(6)26(9-3)28(51(38)41(47)48)13-11-22-15-24(53(61)62)16-23(39(22)55)17-50(57)58/h10-16,18,55-56H,7-9,17H2,1-6H3/b12-10+,13-11+,29-14+,37-31-,40-21-. The number of allylic oxidation sites excluding steroid dienone is 5. The Morgan fingerprint density at radius 1 is 0.891 bits per heavy atom. The number of non-ortho nitro benzene ring substituents is 1. The first-order valence-corrected chi connectivity index (χ1v) is 18.9. The Kier molecular flexibility index (Phi) is 15.2. The Bertz CT molecular complexity index is 2690. The molecule has 16 nitrogen and oxygen atoms in total. The molecule has 1 atom stereocenters. The van der Waals surface area contributed by atoms with Crippen LogP contribution in [-0.2, 0) is 13.0 Å². The Labute approximate surface area is 358 Å². The predicted molar refractivity (Wildman–Crippen MR) is 220 cm³/mol. The van der Waals surface area contributed by atoms with Crippen molar-refractivity contribution < 1.29 is 60.5 Å². The molecule has 1 aliphatic heterocycles. The van der Waals surface area contributed by atoms with Gasteiger partial charge in [-0.2, -0.15) is 0 Å². The minimum Gasteiger partial charge on any atom is -0.507 e. The third-order valence-electron chi connectivity index (χ3n) is 10.2. The number of nitro groups is 4. The van der Waals surface area contributed by atoms with Crippen LogP contribution in [0, 0.1) is 76.5 Å². The summed E-state index contributed by atoms with van der Waals surface area (Å²) in [6.45, 7) is 6.95. The second kappa shape index (κ2) is 19.8. The van der Waals surface area contributed by atoms with Crippen molar-refractivity contribution in [2.75, 3.05) is 0 Å². The second-order valence-corrected chi connectivity index (χ2v) is 14.0. The fourth-order valence-electron chi connectivity index (χ4n) is 7.11. The quantitative estimate of drug-likeness (QED) is 0.0190. The van der Waals surface area contributed by atoms with Crippen LogP contribution in [0.5, 0.6) is 5.75 Å². The largest absolute Gasteiger partial charge is 0.678 e. The van der Waals surface area contributed by atoms with E-state index in [2.05, 4.69) is 4.99 Å². The molecule has 1 aliphatic rings. The summed E-state index contributed by atoms with van der Waals surface area (Å²) >= 11 is 0. The van der Waals surface area contributed by atoms with Crippen LogP contribution in [-0.4, -0.2) is 53.5 Å². The summed E-state index contributed by atoms with van der Waals surface area (Å²) in [6, 6.07) is -0.0841. The number of hydrogen-bond donors (Lipinski definition) is 2. The molecule has 2 aromatic carbocycles. The van der Waals surface area contributed by atoms with Gasteiger partial charge in [-0.25, -0.2) is 26.9 Å². The van der Waals surface area contributed by atoms with Crippen molar-refractivity contribution >= 4 is 36.5 Å². The number of aliphatic hydroxyl groups excluding tert-OH is 1. The molecule has 64 heavy (non-hydrogen) atoms. The van der Waals surface area contributed by atoms with Gasteiger partial charge in [0.2, 0.25) is 18.4 Å². The molecule has 0 fully saturated rings. The molecule has 0 amide bonds. The van der Waals surface area contributed by atoms with E-state index < -0.39 is 131 Å². The fraction of sp³-hybridized carbons (Fsp3) is 0.275. The van der Waals surface area contributed by atoms with E-state index in [1.165, 1.54) is 33.8 Å². The molecule has 0 radical (unpaired) electrons. The van der Waals surface area contributed by atoms with Crippen molar-refractivity contribution in [1.82, 2.24) is 4.48 Å². The van der Waals surface area contributed by atoms with E-state index in [-0.39, 0.29) is 57.3 Å². The van der Waals surface area contributed by atoms with E-state index in [9.17, 15) is 55.1 Å². The number of aromatic nitrogens is 1. The van der Waals surface area contributed by atoms with Crippen LogP contribution < -0.4 is 0 Å². The normalized spacial score (nSPS) is 15.0. The molecule has 338 valence electrons. The molecule has 0 saturated carbocycles. The van der Waals surface area contributed by atoms with Crippen molar-refractivity contribution in [1.29, 1.82) is 0 Å². The number of aliphatic imine (C=N–C) groups is 1. The third kappa shape index (κ3) is 9.49. The minimum absolute atomic E-state index is 0.0161. The second-order valence-electron chi connectivity index (χ2n) is 14.0. The zero-order valence-corrected chi connectivity index (χ0v) is 34.5. The van der Waals surface area contributed by atoms with Crippen LogP contribution in [0.3, 0.4) is 0 Å². The molecular formula is C40H36BF7N6O10. The van der Waals surface area contributed by atoms with Gasteiger partial charge in [-0.05, 0) is 73.6 Å². The van der Waals surface area contributed by atoms with Gasteiger partial charge in [0.05, 0.1) is 38.5 Å². The van der Waals surface area contributed by atoms with Gasteiger partial charge in [0.15, 0.2) is 29.0 Å². The van der Waals surface area contributed by atoms with E-state index in [0.717, 1.165) is 37.3 Å². The number of benzene rings is 2. The highest BCUT2D eigenvalue weighted by Gasteiger charge is 2.38. The Hall–Kier alpha value is -7.40. The average molecular weight is 905 g/mol. The molecule has 0 spiro atoms. The number of aromatic hydroxyl groups is 1. The topological polar surface area (TPSA) is 230 Å². The maximum absolute atomic E-state index is 16.1. The Morgan fingerprint density at radius 2 is 1.48 bits per heavy atom. The van der Waals surface area contributed by atoms with Crippen LogP contribution in [0.1, 0.15) is 86.7 Å². The SMILES string of the molecule is CCC1=C(C)/C(=C(\c2c(F)c(F)c(F)c(F)c2F)c2c(C)c(CC)c(/C=C/c3cc([N+](=O)[O-])cc(C[N+](=O)[O-])c3O)n2B(F)F)N=C1/C=C/C(CC)=C(O)/C(=C\C(C)[N+](=O)[O-])[N+](=O)[O-]. The summed E-state index contributed by atoms with van der Waals surface area (Å²) in [6.07, 6.45) is 4.45. The third-order valence-corrected chi connectivity index (χ3v) is 10.2. The number of rotatable bonds is 17. The monoisotopic (exact) mass is 904 g/mol. The highest BCUT2D eigenvalue weighted by atomic mass is 19.2. The highest BCUT2D eigenvalue weighted by Crippen LogP contribution is 2.44. The summed E-state index contributed by atoms with van der Waals surface area (Å²) in [5.74, 6) is -14.1. The first-order valence-electron chi connectivity index (χ1n) is 18.9.